The quantitative estimate of drug-likeness (QED) is 0.595. The van der Waals surface area contributed by atoms with Crippen LogP contribution in [0.2, 0.25) is 0 Å². The summed E-state index contributed by atoms with van der Waals surface area (Å²) in [6.07, 6.45) is 1.43. The molecule has 0 fully saturated rings. The molecule has 5 heteroatoms. The average Bonchev–Trinajstić information content (AvgIpc) is 2.42. The van der Waals surface area contributed by atoms with Crippen LogP contribution in [-0.2, 0) is 4.79 Å². The van der Waals surface area contributed by atoms with Gasteiger partial charge in [-0.3, -0.25) is 4.79 Å². The number of hydrogen-bond donors (Lipinski definition) is 3. The van der Waals surface area contributed by atoms with Crippen LogP contribution in [0.5, 0.6) is 5.75 Å². The van der Waals surface area contributed by atoms with Crippen LogP contribution in [0, 0.1) is 6.92 Å². The molecule has 0 spiro atoms. The molecular weight excluding hydrogens is 256 g/mol. The van der Waals surface area contributed by atoms with Crippen LogP contribution >= 0.6 is 0 Å². The molecule has 5 nitrogen and oxygen atoms in total. The van der Waals surface area contributed by atoms with Gasteiger partial charge < -0.3 is 20.9 Å². The van der Waals surface area contributed by atoms with Gasteiger partial charge in [-0.2, -0.15) is 0 Å². The standard InChI is InChI=1S/C15H24N2O3/c1-11-6-7-14(20-2)12(9-11)13(18)10-17-8-4-3-5-15(16)19/h6-7,9,13,17-18H,3-5,8,10H2,1-2H3,(H2,16,19). The molecule has 112 valence electrons. The predicted molar refractivity (Wildman–Crippen MR) is 78.6 cm³/mol. The number of rotatable bonds is 9. The van der Waals surface area contributed by atoms with E-state index in [-0.39, 0.29) is 5.91 Å². The number of amides is 1. The van der Waals surface area contributed by atoms with Crippen molar-refractivity contribution in [3.8, 4) is 5.75 Å². The van der Waals surface area contributed by atoms with Gasteiger partial charge in [-0.15, -0.1) is 0 Å². The number of primary amides is 1. The van der Waals surface area contributed by atoms with E-state index >= 15 is 0 Å². The number of unbranched alkanes of at least 4 members (excludes halogenated alkanes) is 1. The summed E-state index contributed by atoms with van der Waals surface area (Å²) in [5.41, 5.74) is 6.94. The fourth-order valence-corrected chi connectivity index (χ4v) is 2.01. The molecule has 1 aromatic carbocycles. The van der Waals surface area contributed by atoms with E-state index in [0.29, 0.717) is 18.7 Å². The van der Waals surface area contributed by atoms with Crippen LogP contribution in [0.25, 0.3) is 0 Å². The van der Waals surface area contributed by atoms with Crippen molar-refractivity contribution in [2.75, 3.05) is 20.2 Å². The Kier molecular flexibility index (Phi) is 7.04. The van der Waals surface area contributed by atoms with Crippen LogP contribution in [0.4, 0.5) is 0 Å². The van der Waals surface area contributed by atoms with Crippen molar-refractivity contribution in [2.45, 2.75) is 32.3 Å². The summed E-state index contributed by atoms with van der Waals surface area (Å²) < 4.78 is 5.25. The van der Waals surface area contributed by atoms with Crippen molar-refractivity contribution in [1.82, 2.24) is 5.32 Å². The van der Waals surface area contributed by atoms with E-state index in [4.69, 9.17) is 10.5 Å². The minimum atomic E-state index is -0.610. The molecule has 20 heavy (non-hydrogen) atoms. The molecular formula is C15H24N2O3. The van der Waals surface area contributed by atoms with Gasteiger partial charge in [0.2, 0.25) is 5.91 Å². The Morgan fingerprint density at radius 2 is 2.20 bits per heavy atom. The van der Waals surface area contributed by atoms with Gasteiger partial charge in [0.1, 0.15) is 5.75 Å². The first-order valence-corrected chi connectivity index (χ1v) is 6.86. The van der Waals surface area contributed by atoms with Crippen LogP contribution in [0.1, 0.15) is 36.5 Å². The molecule has 1 amide bonds. The first-order chi connectivity index (χ1) is 9.54. The highest BCUT2D eigenvalue weighted by atomic mass is 16.5. The topological polar surface area (TPSA) is 84.6 Å². The van der Waals surface area contributed by atoms with E-state index in [2.05, 4.69) is 5.32 Å². The zero-order valence-electron chi connectivity index (χ0n) is 12.2. The summed E-state index contributed by atoms with van der Waals surface area (Å²) in [5, 5.41) is 13.4. The fraction of sp³-hybridized carbons (Fsp3) is 0.533. The molecule has 4 N–H and O–H groups in total. The first-order valence-electron chi connectivity index (χ1n) is 6.86. The Morgan fingerprint density at radius 3 is 2.85 bits per heavy atom. The molecule has 1 unspecified atom stereocenters. The number of hydrogen-bond acceptors (Lipinski definition) is 4. The van der Waals surface area contributed by atoms with Crippen LogP contribution in [0.15, 0.2) is 18.2 Å². The van der Waals surface area contributed by atoms with Gasteiger partial charge in [-0.1, -0.05) is 11.6 Å². The van der Waals surface area contributed by atoms with Gasteiger partial charge >= 0.3 is 0 Å². The normalized spacial score (nSPS) is 12.2. The Labute approximate surface area is 120 Å². The molecule has 0 saturated heterocycles. The molecule has 0 saturated carbocycles. The third-order valence-corrected chi connectivity index (χ3v) is 3.11. The zero-order valence-corrected chi connectivity index (χ0v) is 12.2. The summed E-state index contributed by atoms with van der Waals surface area (Å²) in [4.78, 5) is 10.6. The lowest BCUT2D eigenvalue weighted by Crippen LogP contribution is -2.23. The molecule has 0 aliphatic heterocycles. The minimum Gasteiger partial charge on any atom is -0.496 e. The van der Waals surface area contributed by atoms with Crippen molar-refractivity contribution in [3.05, 3.63) is 29.3 Å². The summed E-state index contributed by atoms with van der Waals surface area (Å²) in [7, 11) is 1.60. The Balaban J connectivity index is 2.37. The highest BCUT2D eigenvalue weighted by Crippen LogP contribution is 2.25. The first kappa shape index (κ1) is 16.5. The Morgan fingerprint density at radius 1 is 1.45 bits per heavy atom. The summed E-state index contributed by atoms with van der Waals surface area (Å²) in [6, 6.07) is 5.74. The summed E-state index contributed by atoms with van der Waals surface area (Å²) >= 11 is 0. The number of methoxy groups -OCH3 is 1. The maximum atomic E-state index is 10.6. The molecule has 0 aromatic heterocycles. The van der Waals surface area contributed by atoms with Crippen molar-refractivity contribution in [2.24, 2.45) is 5.73 Å². The SMILES string of the molecule is COc1ccc(C)cc1C(O)CNCCCCC(N)=O. The van der Waals surface area contributed by atoms with E-state index < -0.39 is 6.10 Å². The lowest BCUT2D eigenvalue weighted by molar-refractivity contribution is -0.118. The highest BCUT2D eigenvalue weighted by Gasteiger charge is 2.12. The molecule has 0 aliphatic rings. The zero-order chi connectivity index (χ0) is 15.0. The molecule has 0 radical (unpaired) electrons. The van der Waals surface area contributed by atoms with Gasteiger partial charge in [-0.25, -0.2) is 0 Å². The lowest BCUT2D eigenvalue weighted by Gasteiger charge is -2.16. The number of nitrogens with one attached hydrogen (secondary N) is 1. The summed E-state index contributed by atoms with van der Waals surface area (Å²) in [5.74, 6) is 0.424. The van der Waals surface area contributed by atoms with Gasteiger partial charge in [0.05, 0.1) is 13.2 Å². The van der Waals surface area contributed by atoms with E-state index in [0.717, 1.165) is 30.5 Å². The molecule has 0 heterocycles. The van der Waals surface area contributed by atoms with Crippen molar-refractivity contribution >= 4 is 5.91 Å². The van der Waals surface area contributed by atoms with Crippen LogP contribution in [-0.4, -0.2) is 31.2 Å². The highest BCUT2D eigenvalue weighted by molar-refractivity contribution is 5.73. The molecule has 1 rings (SSSR count). The van der Waals surface area contributed by atoms with Gasteiger partial charge in [0.25, 0.3) is 0 Å². The van der Waals surface area contributed by atoms with Crippen molar-refractivity contribution in [1.29, 1.82) is 0 Å². The second-order valence-corrected chi connectivity index (χ2v) is 4.89. The molecule has 0 aliphatic carbocycles. The molecule has 0 bridgehead atoms. The van der Waals surface area contributed by atoms with Crippen LogP contribution < -0.4 is 15.8 Å². The average molecular weight is 280 g/mol. The number of ether oxygens (including phenoxy) is 1. The third-order valence-electron chi connectivity index (χ3n) is 3.11. The minimum absolute atomic E-state index is 0.269. The maximum Gasteiger partial charge on any atom is 0.217 e. The summed E-state index contributed by atoms with van der Waals surface area (Å²) in [6.45, 7) is 3.18. The molecule has 1 atom stereocenters. The lowest BCUT2D eigenvalue weighted by atomic mass is 10.1. The van der Waals surface area contributed by atoms with Crippen molar-refractivity contribution in [3.63, 3.8) is 0 Å². The maximum absolute atomic E-state index is 10.6. The monoisotopic (exact) mass is 280 g/mol. The van der Waals surface area contributed by atoms with Gasteiger partial charge in [-0.05, 0) is 38.4 Å². The number of aliphatic hydroxyl groups excluding tert-OH is 1. The van der Waals surface area contributed by atoms with Gasteiger partial charge in [0.15, 0.2) is 0 Å². The van der Waals surface area contributed by atoms with Crippen LogP contribution in [0.3, 0.4) is 0 Å². The van der Waals surface area contributed by atoms with E-state index in [1.807, 2.05) is 25.1 Å². The van der Waals surface area contributed by atoms with Gasteiger partial charge in [0, 0.05) is 18.5 Å². The Bertz CT molecular complexity index is 435. The third kappa shape index (κ3) is 5.59. The Hall–Kier alpha value is -1.59. The number of carbonyl (C=O) groups is 1. The fourth-order valence-electron chi connectivity index (χ4n) is 2.01. The van der Waals surface area contributed by atoms with E-state index in [9.17, 15) is 9.90 Å². The molecule has 1 aromatic rings. The van der Waals surface area contributed by atoms with Crippen molar-refractivity contribution < 1.29 is 14.6 Å². The number of aliphatic hydroxyl groups is 1. The number of nitrogens with two attached hydrogens (primary N) is 1. The van der Waals surface area contributed by atoms with E-state index in [1.54, 1.807) is 7.11 Å². The van der Waals surface area contributed by atoms with E-state index in [1.165, 1.54) is 0 Å². The smallest absolute Gasteiger partial charge is 0.217 e. The number of benzene rings is 1. The second-order valence-electron chi connectivity index (χ2n) is 4.89. The largest absolute Gasteiger partial charge is 0.496 e. The predicted octanol–water partition coefficient (Wildman–Crippen LogP) is 1.28. The number of carbonyl (C=O) groups excluding carboxylic acids is 1. The second kappa shape index (κ2) is 8.55. The number of aryl methyl sites for hydroxylation is 1.